The smallest absolute Gasteiger partial charge is 0.278 e. The predicted octanol–water partition coefficient (Wildman–Crippen LogP) is 3.53. The Hall–Kier alpha value is -2.48. The van der Waals surface area contributed by atoms with Crippen LogP contribution in [0.5, 0.6) is 5.88 Å². The maximum absolute atomic E-state index is 12.1. The van der Waals surface area contributed by atoms with Gasteiger partial charge in [-0.3, -0.25) is 4.79 Å². The highest BCUT2D eigenvalue weighted by Crippen LogP contribution is 2.30. The minimum atomic E-state index is -0.477. The molecule has 1 heterocycles. The molecule has 0 atom stereocenters. The molecule has 0 saturated heterocycles. The fourth-order valence-corrected chi connectivity index (χ4v) is 3.68. The molecule has 1 N–H and O–H groups in total. The number of nitriles is 1. The summed E-state index contributed by atoms with van der Waals surface area (Å²) < 4.78 is 12.2. The number of aromatic nitrogens is 1. The number of amides is 1. The van der Waals surface area contributed by atoms with Crippen molar-refractivity contribution in [2.24, 2.45) is 5.10 Å². The molecule has 0 aliphatic carbocycles. The van der Waals surface area contributed by atoms with Crippen molar-refractivity contribution >= 4 is 49.7 Å². The number of methoxy groups -OCH3 is 1. The molecular formula is C20H21Br2N5O3. The van der Waals surface area contributed by atoms with Gasteiger partial charge in [-0.15, -0.1) is 0 Å². The number of anilines is 1. The lowest BCUT2D eigenvalue weighted by molar-refractivity contribution is -0.123. The second-order valence-electron chi connectivity index (χ2n) is 6.40. The first-order valence-corrected chi connectivity index (χ1v) is 10.4. The van der Waals surface area contributed by atoms with Gasteiger partial charge in [0.15, 0.2) is 6.61 Å². The van der Waals surface area contributed by atoms with Crippen molar-refractivity contribution in [3.8, 4) is 11.9 Å². The van der Waals surface area contributed by atoms with Gasteiger partial charge in [0.1, 0.15) is 11.6 Å². The quantitative estimate of drug-likeness (QED) is 0.407. The largest absolute Gasteiger partial charge is 0.467 e. The molecule has 2 rings (SSSR count). The van der Waals surface area contributed by atoms with Crippen molar-refractivity contribution in [2.45, 2.75) is 13.5 Å². The third kappa shape index (κ3) is 6.01. The van der Waals surface area contributed by atoms with Crippen LogP contribution in [0.15, 0.2) is 32.2 Å². The summed E-state index contributed by atoms with van der Waals surface area (Å²) in [6, 6.07) is 7.78. The zero-order valence-electron chi connectivity index (χ0n) is 17.0. The molecule has 0 saturated carbocycles. The van der Waals surface area contributed by atoms with Gasteiger partial charge in [-0.25, -0.2) is 10.4 Å². The number of pyridine rings is 1. The Morgan fingerprint density at radius 2 is 2.13 bits per heavy atom. The van der Waals surface area contributed by atoms with E-state index < -0.39 is 5.91 Å². The molecular weight excluding hydrogens is 518 g/mol. The third-order valence-corrected chi connectivity index (χ3v) is 5.65. The molecule has 0 unspecified atom stereocenters. The Bertz CT molecular complexity index is 1000. The van der Waals surface area contributed by atoms with E-state index in [4.69, 9.17) is 9.47 Å². The van der Waals surface area contributed by atoms with Crippen LogP contribution in [-0.4, -0.2) is 44.9 Å². The lowest BCUT2D eigenvalue weighted by Crippen LogP contribution is -2.25. The van der Waals surface area contributed by atoms with E-state index in [9.17, 15) is 10.1 Å². The van der Waals surface area contributed by atoms with Crippen LogP contribution in [-0.2, 0) is 16.1 Å². The van der Waals surface area contributed by atoms with Gasteiger partial charge in [0, 0.05) is 35.7 Å². The number of hydrogen-bond donors (Lipinski definition) is 1. The summed E-state index contributed by atoms with van der Waals surface area (Å²) in [5.74, 6) is -0.401. The summed E-state index contributed by atoms with van der Waals surface area (Å²) in [6.07, 6.45) is 1.53. The number of hydrogen-bond acceptors (Lipinski definition) is 7. The van der Waals surface area contributed by atoms with Gasteiger partial charge in [0.25, 0.3) is 5.91 Å². The average molecular weight is 539 g/mol. The summed E-state index contributed by atoms with van der Waals surface area (Å²) in [5.41, 5.74) is 5.71. The molecule has 2 aromatic rings. The molecule has 0 aliphatic heterocycles. The Labute approximate surface area is 192 Å². The monoisotopic (exact) mass is 537 g/mol. The first-order chi connectivity index (χ1) is 14.3. The van der Waals surface area contributed by atoms with Crippen molar-refractivity contribution in [1.82, 2.24) is 10.4 Å². The topological polar surface area (TPSA) is 99.8 Å². The average Bonchev–Trinajstić information content (AvgIpc) is 2.70. The summed E-state index contributed by atoms with van der Waals surface area (Å²) in [7, 11) is 5.43. The van der Waals surface area contributed by atoms with E-state index in [0.717, 1.165) is 15.7 Å². The van der Waals surface area contributed by atoms with E-state index in [1.54, 1.807) is 6.92 Å². The summed E-state index contributed by atoms with van der Waals surface area (Å²) in [4.78, 5) is 18.3. The van der Waals surface area contributed by atoms with Gasteiger partial charge < -0.3 is 14.4 Å². The highest BCUT2D eigenvalue weighted by molar-refractivity contribution is 9.11. The van der Waals surface area contributed by atoms with E-state index in [2.05, 4.69) is 53.4 Å². The summed E-state index contributed by atoms with van der Waals surface area (Å²) in [5, 5.41) is 13.4. The van der Waals surface area contributed by atoms with Crippen LogP contribution < -0.4 is 15.1 Å². The molecule has 1 amide bonds. The number of halogens is 2. The van der Waals surface area contributed by atoms with Crippen LogP contribution in [0.3, 0.4) is 0 Å². The van der Waals surface area contributed by atoms with Crippen molar-refractivity contribution in [3.63, 3.8) is 0 Å². The van der Waals surface area contributed by atoms with Crippen LogP contribution in [0.4, 0.5) is 5.69 Å². The molecule has 1 aromatic heterocycles. The number of nitrogens with one attached hydrogen (secondary N) is 1. The minimum Gasteiger partial charge on any atom is -0.467 e. The highest BCUT2D eigenvalue weighted by Gasteiger charge is 2.18. The second kappa shape index (κ2) is 11.1. The highest BCUT2D eigenvalue weighted by atomic mass is 79.9. The number of hydrazone groups is 1. The molecule has 0 bridgehead atoms. The van der Waals surface area contributed by atoms with E-state index in [1.165, 1.54) is 13.3 Å². The summed E-state index contributed by atoms with van der Waals surface area (Å²) in [6.45, 7) is 1.64. The Morgan fingerprint density at radius 3 is 2.73 bits per heavy atom. The van der Waals surface area contributed by atoms with Gasteiger partial charge in [-0.05, 0) is 56.5 Å². The Morgan fingerprint density at radius 1 is 1.40 bits per heavy atom. The molecule has 1 aromatic carbocycles. The van der Waals surface area contributed by atoms with Crippen molar-refractivity contribution < 1.29 is 14.3 Å². The maximum atomic E-state index is 12.1. The molecule has 0 radical (unpaired) electrons. The zero-order chi connectivity index (χ0) is 22.3. The van der Waals surface area contributed by atoms with Gasteiger partial charge in [0.2, 0.25) is 5.88 Å². The van der Waals surface area contributed by atoms with Gasteiger partial charge in [0.05, 0.1) is 24.2 Å². The lowest BCUT2D eigenvalue weighted by atomic mass is 10.1. The SMILES string of the molecule is COCc1c(Br)c(C)nc(OCC(=O)N/N=C/c2ccc(N(C)C)c(Br)c2)c1C#N. The van der Waals surface area contributed by atoms with Crippen molar-refractivity contribution in [1.29, 1.82) is 5.26 Å². The number of carbonyl (C=O) groups is 1. The van der Waals surface area contributed by atoms with Gasteiger partial charge >= 0.3 is 0 Å². The Kier molecular flexibility index (Phi) is 8.77. The molecule has 0 fully saturated rings. The number of carbonyl (C=O) groups excluding carboxylic acids is 1. The van der Waals surface area contributed by atoms with Crippen molar-refractivity contribution in [3.05, 3.63) is 49.5 Å². The summed E-state index contributed by atoms with van der Waals surface area (Å²) >= 11 is 6.91. The maximum Gasteiger partial charge on any atom is 0.278 e. The fraction of sp³-hybridized carbons (Fsp3) is 0.300. The number of aryl methyl sites for hydroxylation is 1. The van der Waals surface area contributed by atoms with Crippen LogP contribution in [0, 0.1) is 18.3 Å². The normalized spacial score (nSPS) is 10.7. The minimum absolute atomic E-state index is 0.0765. The number of ether oxygens (including phenoxy) is 2. The predicted molar refractivity (Wildman–Crippen MR) is 122 cm³/mol. The molecule has 8 nitrogen and oxygen atoms in total. The molecule has 0 aliphatic rings. The third-order valence-electron chi connectivity index (χ3n) is 3.96. The van der Waals surface area contributed by atoms with Crippen molar-refractivity contribution in [2.75, 3.05) is 32.7 Å². The van der Waals surface area contributed by atoms with Gasteiger partial charge in [-0.1, -0.05) is 6.07 Å². The second-order valence-corrected chi connectivity index (χ2v) is 8.05. The molecule has 158 valence electrons. The number of benzene rings is 1. The van der Waals surface area contributed by atoms with E-state index in [1.807, 2.05) is 37.2 Å². The molecule has 30 heavy (non-hydrogen) atoms. The number of nitrogens with zero attached hydrogens (tertiary/aromatic N) is 4. The van der Waals surface area contributed by atoms with E-state index in [-0.39, 0.29) is 24.7 Å². The zero-order valence-corrected chi connectivity index (χ0v) is 20.2. The van der Waals surface area contributed by atoms with E-state index >= 15 is 0 Å². The Balaban J connectivity index is 2.02. The van der Waals surface area contributed by atoms with Crippen LogP contribution in [0.2, 0.25) is 0 Å². The van der Waals surface area contributed by atoms with Crippen LogP contribution >= 0.6 is 31.9 Å². The van der Waals surface area contributed by atoms with Crippen LogP contribution in [0.1, 0.15) is 22.4 Å². The molecule has 0 spiro atoms. The lowest BCUT2D eigenvalue weighted by Gasteiger charge is -2.14. The fourth-order valence-electron chi connectivity index (χ4n) is 2.53. The molecule has 10 heteroatoms. The number of rotatable bonds is 8. The first kappa shape index (κ1) is 23.8. The standard InChI is InChI=1S/C20H21Br2N5O3/c1-12-19(22)15(10-29-4)14(8-23)20(25-12)30-11-18(28)26-24-9-13-5-6-17(27(2)3)16(21)7-13/h5-7,9H,10-11H2,1-4H3,(H,26,28)/b24-9+. The van der Waals surface area contributed by atoms with Gasteiger partial charge in [-0.2, -0.15) is 10.4 Å². The van der Waals surface area contributed by atoms with Crippen LogP contribution in [0.25, 0.3) is 0 Å². The van der Waals surface area contributed by atoms with E-state index in [0.29, 0.717) is 15.7 Å². The first-order valence-electron chi connectivity index (χ1n) is 8.78.